The third kappa shape index (κ3) is 3.42. The van der Waals surface area contributed by atoms with Crippen LogP contribution in [0.3, 0.4) is 0 Å². The van der Waals surface area contributed by atoms with Gasteiger partial charge in [0.1, 0.15) is 11.9 Å². The average Bonchev–Trinajstić information content (AvgIpc) is 3.37. The molecular formula is C29H20BrN5O3. The summed E-state index contributed by atoms with van der Waals surface area (Å²) < 4.78 is 14.7. The van der Waals surface area contributed by atoms with Crippen LogP contribution in [-0.4, -0.2) is 33.7 Å². The first-order chi connectivity index (χ1) is 18.5. The summed E-state index contributed by atoms with van der Waals surface area (Å²) in [5.74, 6) is 0.832. The van der Waals surface area contributed by atoms with Crippen molar-refractivity contribution in [3.8, 4) is 23.0 Å². The highest BCUT2D eigenvalue weighted by atomic mass is 79.9. The molecule has 7 rings (SSSR count). The van der Waals surface area contributed by atoms with Gasteiger partial charge >= 0.3 is 5.63 Å². The molecule has 3 aromatic carbocycles. The van der Waals surface area contributed by atoms with Crippen molar-refractivity contribution in [1.82, 2.24) is 19.6 Å². The molecule has 1 aliphatic heterocycles. The minimum atomic E-state index is -0.550. The summed E-state index contributed by atoms with van der Waals surface area (Å²) in [5.41, 5.74) is 4.37. The van der Waals surface area contributed by atoms with Crippen molar-refractivity contribution in [2.75, 3.05) is 19.0 Å². The number of rotatable bonds is 3. The van der Waals surface area contributed by atoms with E-state index >= 15 is 0 Å². The predicted octanol–water partition coefficient (Wildman–Crippen LogP) is 6.01. The lowest BCUT2D eigenvalue weighted by atomic mass is 9.84. The molecule has 4 heterocycles. The first kappa shape index (κ1) is 22.7. The third-order valence-corrected chi connectivity index (χ3v) is 7.42. The van der Waals surface area contributed by atoms with E-state index in [0.29, 0.717) is 45.2 Å². The van der Waals surface area contributed by atoms with Gasteiger partial charge in [0.05, 0.1) is 28.1 Å². The Labute approximate surface area is 225 Å². The van der Waals surface area contributed by atoms with Gasteiger partial charge in [0.2, 0.25) is 5.88 Å². The number of halogens is 1. The topological polar surface area (TPSA) is 85.8 Å². The summed E-state index contributed by atoms with van der Waals surface area (Å²) in [6.07, 6.45) is 1.59. The molecule has 1 unspecified atom stereocenters. The molecule has 0 N–H and O–H groups in total. The SMILES string of the molecule is CN(C)c1ccc(C2c3c(c4ccccc4oc3=O)Oc3ncn4nc(-c5ccccc5)nc4c32)cc1Br. The molecule has 1 atom stereocenters. The zero-order valence-corrected chi connectivity index (χ0v) is 22.0. The minimum Gasteiger partial charge on any atom is -0.437 e. The van der Waals surface area contributed by atoms with Gasteiger partial charge in [-0.25, -0.2) is 19.3 Å². The maximum atomic E-state index is 13.6. The van der Waals surface area contributed by atoms with E-state index in [2.05, 4.69) is 26.0 Å². The molecule has 8 nitrogen and oxygen atoms in total. The fraction of sp³-hybridized carbons (Fsp3) is 0.103. The van der Waals surface area contributed by atoms with E-state index in [0.717, 1.165) is 21.3 Å². The highest BCUT2D eigenvalue weighted by molar-refractivity contribution is 9.10. The molecule has 0 saturated heterocycles. The van der Waals surface area contributed by atoms with Crippen molar-refractivity contribution in [3.63, 3.8) is 0 Å². The molecular weight excluding hydrogens is 546 g/mol. The van der Waals surface area contributed by atoms with Gasteiger partial charge < -0.3 is 14.1 Å². The smallest absolute Gasteiger partial charge is 0.344 e. The van der Waals surface area contributed by atoms with E-state index < -0.39 is 11.5 Å². The second-order valence-electron chi connectivity index (χ2n) is 9.30. The highest BCUT2D eigenvalue weighted by Gasteiger charge is 2.37. The molecule has 0 aliphatic carbocycles. The fourth-order valence-electron chi connectivity index (χ4n) is 5.04. The van der Waals surface area contributed by atoms with Crippen molar-refractivity contribution in [2.45, 2.75) is 5.92 Å². The van der Waals surface area contributed by atoms with Crippen LogP contribution < -0.4 is 15.3 Å². The van der Waals surface area contributed by atoms with Crippen LogP contribution in [0, 0.1) is 0 Å². The lowest BCUT2D eigenvalue weighted by Gasteiger charge is -2.28. The van der Waals surface area contributed by atoms with Crippen LogP contribution >= 0.6 is 15.9 Å². The van der Waals surface area contributed by atoms with Gasteiger partial charge in [-0.15, -0.1) is 5.10 Å². The number of aromatic nitrogens is 4. The second-order valence-corrected chi connectivity index (χ2v) is 10.2. The van der Waals surface area contributed by atoms with E-state index in [1.54, 1.807) is 16.9 Å². The third-order valence-electron chi connectivity index (χ3n) is 6.78. The summed E-state index contributed by atoms with van der Waals surface area (Å²) in [4.78, 5) is 25.1. The Balaban J connectivity index is 1.55. The number of hydrogen-bond acceptors (Lipinski definition) is 7. The van der Waals surface area contributed by atoms with Crippen LogP contribution in [0.25, 0.3) is 28.0 Å². The van der Waals surface area contributed by atoms with E-state index in [1.165, 1.54) is 0 Å². The maximum Gasteiger partial charge on any atom is 0.344 e. The van der Waals surface area contributed by atoms with Crippen LogP contribution in [0.15, 0.2) is 92.8 Å². The number of benzene rings is 3. The van der Waals surface area contributed by atoms with Crippen LogP contribution in [0.1, 0.15) is 22.6 Å². The molecule has 3 aromatic heterocycles. The Morgan fingerprint density at radius 3 is 2.55 bits per heavy atom. The summed E-state index contributed by atoms with van der Waals surface area (Å²) in [5, 5.41) is 5.38. The van der Waals surface area contributed by atoms with Gasteiger partial charge in [-0.1, -0.05) is 48.5 Å². The number of ether oxygens (including phenoxy) is 1. The highest BCUT2D eigenvalue weighted by Crippen LogP contribution is 2.49. The summed E-state index contributed by atoms with van der Waals surface area (Å²) in [7, 11) is 3.96. The Hall–Kier alpha value is -4.50. The molecule has 9 heteroatoms. The summed E-state index contributed by atoms with van der Waals surface area (Å²) >= 11 is 3.71. The monoisotopic (exact) mass is 565 g/mol. The average molecular weight is 566 g/mol. The quantitative estimate of drug-likeness (QED) is 0.242. The van der Waals surface area contributed by atoms with Crippen molar-refractivity contribution in [1.29, 1.82) is 0 Å². The van der Waals surface area contributed by atoms with Crippen molar-refractivity contribution in [3.05, 3.63) is 111 Å². The predicted molar refractivity (Wildman–Crippen MR) is 148 cm³/mol. The number of anilines is 1. The lowest BCUT2D eigenvalue weighted by Crippen LogP contribution is -2.22. The first-order valence-electron chi connectivity index (χ1n) is 12.0. The Kier molecular flexibility index (Phi) is 5.09. The Morgan fingerprint density at radius 1 is 0.974 bits per heavy atom. The molecule has 38 heavy (non-hydrogen) atoms. The lowest BCUT2D eigenvalue weighted by molar-refractivity contribution is 0.422. The molecule has 6 aromatic rings. The Bertz CT molecular complexity index is 1930. The van der Waals surface area contributed by atoms with Crippen LogP contribution in [0.4, 0.5) is 5.69 Å². The van der Waals surface area contributed by atoms with Crippen molar-refractivity contribution in [2.24, 2.45) is 0 Å². The van der Waals surface area contributed by atoms with E-state index in [4.69, 9.17) is 14.1 Å². The number of nitrogens with zero attached hydrogens (tertiary/aromatic N) is 5. The van der Waals surface area contributed by atoms with E-state index in [-0.39, 0.29) is 0 Å². The number of para-hydroxylation sites is 1. The van der Waals surface area contributed by atoms with Crippen molar-refractivity contribution >= 4 is 38.2 Å². The summed E-state index contributed by atoms with van der Waals surface area (Å²) in [6, 6.07) is 23.1. The zero-order chi connectivity index (χ0) is 26.0. The molecule has 0 radical (unpaired) electrons. The number of fused-ring (bicyclic) bond motifs is 6. The first-order valence-corrected chi connectivity index (χ1v) is 12.8. The van der Waals surface area contributed by atoms with Gasteiger partial charge in [0, 0.05) is 24.1 Å². The standard InChI is InChI=1S/C29H20BrN5O3/c1-34(2)20-13-12-17(14-19(20)30)22-23-25(18-10-6-7-11-21(18)37-29(23)36)38-28-24(22)27-32-26(33-35(27)15-31-28)16-8-4-3-5-9-16/h3-15,22H,1-2H3. The Morgan fingerprint density at radius 2 is 1.76 bits per heavy atom. The normalized spacial score (nSPS) is 14.2. The van der Waals surface area contributed by atoms with Crippen LogP contribution in [0.2, 0.25) is 0 Å². The molecule has 0 spiro atoms. The largest absolute Gasteiger partial charge is 0.437 e. The minimum absolute atomic E-state index is 0.380. The van der Waals surface area contributed by atoms with Crippen LogP contribution in [-0.2, 0) is 0 Å². The fourth-order valence-corrected chi connectivity index (χ4v) is 5.79. The summed E-state index contributed by atoms with van der Waals surface area (Å²) in [6.45, 7) is 0. The molecule has 186 valence electrons. The van der Waals surface area contributed by atoms with Gasteiger partial charge in [-0.3, -0.25) is 0 Å². The van der Waals surface area contributed by atoms with E-state index in [1.807, 2.05) is 85.7 Å². The zero-order valence-electron chi connectivity index (χ0n) is 20.4. The molecule has 0 fully saturated rings. The molecule has 0 amide bonds. The number of hydrogen-bond donors (Lipinski definition) is 0. The van der Waals surface area contributed by atoms with Crippen molar-refractivity contribution < 1.29 is 9.15 Å². The van der Waals surface area contributed by atoms with E-state index in [9.17, 15) is 4.79 Å². The second kappa shape index (κ2) is 8.53. The van der Waals surface area contributed by atoms with Gasteiger partial charge in [-0.2, -0.15) is 0 Å². The maximum absolute atomic E-state index is 13.6. The molecule has 0 bridgehead atoms. The van der Waals surface area contributed by atoms with Gasteiger partial charge in [0.15, 0.2) is 17.2 Å². The van der Waals surface area contributed by atoms with Gasteiger partial charge in [0.25, 0.3) is 0 Å². The molecule has 1 aliphatic rings. The molecule has 0 saturated carbocycles. The van der Waals surface area contributed by atoms with Crippen LogP contribution in [0.5, 0.6) is 11.6 Å². The van der Waals surface area contributed by atoms with Gasteiger partial charge in [-0.05, 0) is 45.8 Å².